The predicted molar refractivity (Wildman–Crippen MR) is 75.0 cm³/mol. The van der Waals surface area contributed by atoms with Crippen LogP contribution >= 0.6 is 11.6 Å². The number of hydrogen-bond donors (Lipinski definition) is 2. The fourth-order valence-electron chi connectivity index (χ4n) is 2.21. The summed E-state index contributed by atoms with van der Waals surface area (Å²) >= 11 is 6.12. The third kappa shape index (κ3) is 3.26. The maximum atomic E-state index is 12.3. The van der Waals surface area contributed by atoms with Crippen molar-refractivity contribution in [2.24, 2.45) is 5.73 Å². The van der Waals surface area contributed by atoms with Crippen LogP contribution in [0.1, 0.15) is 31.4 Å². The van der Waals surface area contributed by atoms with E-state index in [0.29, 0.717) is 31.1 Å². The maximum absolute atomic E-state index is 12.3. The van der Waals surface area contributed by atoms with Crippen LogP contribution in [0.4, 0.5) is 0 Å². The first-order chi connectivity index (χ1) is 9.03. The Balaban J connectivity index is 2.04. The minimum absolute atomic E-state index is 0.136. The number of rotatable bonds is 3. The van der Waals surface area contributed by atoms with E-state index in [1.807, 2.05) is 31.2 Å². The van der Waals surface area contributed by atoms with E-state index in [-0.39, 0.29) is 11.9 Å². The highest BCUT2D eigenvalue weighted by Crippen LogP contribution is 2.24. The molecular weight excluding hydrogens is 264 g/mol. The number of hydrogen-bond acceptors (Lipinski definition) is 3. The summed E-state index contributed by atoms with van der Waals surface area (Å²) in [5.74, 6) is -0.136. The van der Waals surface area contributed by atoms with Gasteiger partial charge in [-0.1, -0.05) is 29.8 Å². The minimum Gasteiger partial charge on any atom is -0.381 e. The molecule has 0 aromatic heterocycles. The average Bonchev–Trinajstić information content (AvgIpc) is 2.40. The molecule has 0 radical (unpaired) electrons. The highest BCUT2D eigenvalue weighted by molar-refractivity contribution is 6.31. The summed E-state index contributed by atoms with van der Waals surface area (Å²) in [6, 6.07) is 7.32. The van der Waals surface area contributed by atoms with Gasteiger partial charge in [0.05, 0.1) is 11.6 Å². The molecule has 1 aromatic carbocycles. The number of benzene rings is 1. The van der Waals surface area contributed by atoms with E-state index in [2.05, 4.69) is 5.32 Å². The third-order valence-corrected chi connectivity index (χ3v) is 3.90. The molecule has 1 atom stereocenters. The first kappa shape index (κ1) is 14.3. The Kier molecular flexibility index (Phi) is 4.45. The molecule has 0 spiro atoms. The Morgan fingerprint density at radius 3 is 2.68 bits per heavy atom. The van der Waals surface area contributed by atoms with E-state index in [1.165, 1.54) is 0 Å². The zero-order valence-corrected chi connectivity index (χ0v) is 11.7. The lowest BCUT2D eigenvalue weighted by Crippen LogP contribution is -2.57. The maximum Gasteiger partial charge on any atom is 0.240 e. The van der Waals surface area contributed by atoms with Crippen LogP contribution in [-0.2, 0) is 9.53 Å². The molecule has 1 aliphatic heterocycles. The number of halogens is 1. The monoisotopic (exact) mass is 282 g/mol. The average molecular weight is 283 g/mol. The number of carbonyl (C=O) groups is 1. The van der Waals surface area contributed by atoms with Crippen molar-refractivity contribution in [3.05, 3.63) is 34.9 Å². The lowest BCUT2D eigenvalue weighted by atomic mass is 9.90. The van der Waals surface area contributed by atoms with Crippen molar-refractivity contribution in [2.45, 2.75) is 31.3 Å². The quantitative estimate of drug-likeness (QED) is 0.891. The summed E-state index contributed by atoms with van der Waals surface area (Å²) < 4.78 is 5.24. The van der Waals surface area contributed by atoms with Gasteiger partial charge in [0.2, 0.25) is 5.91 Å². The zero-order valence-electron chi connectivity index (χ0n) is 11.0. The normalized spacial score (nSPS) is 19.7. The SMILES string of the molecule is CC(NC(=O)C1(N)CCOCC1)c1ccccc1Cl. The van der Waals surface area contributed by atoms with Gasteiger partial charge >= 0.3 is 0 Å². The van der Waals surface area contributed by atoms with E-state index < -0.39 is 5.54 Å². The van der Waals surface area contributed by atoms with Crippen molar-refractivity contribution >= 4 is 17.5 Å². The molecule has 4 nitrogen and oxygen atoms in total. The fraction of sp³-hybridized carbons (Fsp3) is 0.500. The van der Waals surface area contributed by atoms with Crippen LogP contribution in [0.2, 0.25) is 5.02 Å². The summed E-state index contributed by atoms with van der Waals surface area (Å²) in [7, 11) is 0. The van der Waals surface area contributed by atoms with E-state index in [4.69, 9.17) is 22.1 Å². The number of nitrogens with two attached hydrogens (primary N) is 1. The first-order valence-electron chi connectivity index (χ1n) is 6.45. The number of amides is 1. The molecule has 1 unspecified atom stereocenters. The smallest absolute Gasteiger partial charge is 0.240 e. The molecule has 3 N–H and O–H groups in total. The molecule has 1 saturated heterocycles. The highest BCUT2D eigenvalue weighted by Gasteiger charge is 2.36. The van der Waals surface area contributed by atoms with Crippen LogP contribution in [0.5, 0.6) is 0 Å². The molecule has 1 fully saturated rings. The van der Waals surface area contributed by atoms with Gasteiger partial charge in [0.15, 0.2) is 0 Å². The van der Waals surface area contributed by atoms with Crippen LogP contribution in [0.25, 0.3) is 0 Å². The van der Waals surface area contributed by atoms with Crippen LogP contribution < -0.4 is 11.1 Å². The Hall–Kier alpha value is -1.10. The Labute approximate surface area is 118 Å². The van der Waals surface area contributed by atoms with Gasteiger partial charge in [0.1, 0.15) is 0 Å². The van der Waals surface area contributed by atoms with Crippen molar-refractivity contribution in [3.63, 3.8) is 0 Å². The number of nitrogens with one attached hydrogen (secondary N) is 1. The van der Waals surface area contributed by atoms with Gasteiger partial charge in [-0.25, -0.2) is 0 Å². The molecule has 0 aliphatic carbocycles. The van der Waals surface area contributed by atoms with E-state index in [1.54, 1.807) is 0 Å². The van der Waals surface area contributed by atoms with Crippen molar-refractivity contribution < 1.29 is 9.53 Å². The Morgan fingerprint density at radius 1 is 1.42 bits per heavy atom. The number of ether oxygens (including phenoxy) is 1. The van der Waals surface area contributed by atoms with Gasteiger partial charge < -0.3 is 15.8 Å². The van der Waals surface area contributed by atoms with Crippen molar-refractivity contribution in [1.29, 1.82) is 0 Å². The molecule has 0 saturated carbocycles. The summed E-state index contributed by atoms with van der Waals surface area (Å²) in [4.78, 5) is 12.3. The van der Waals surface area contributed by atoms with Gasteiger partial charge in [-0.05, 0) is 31.4 Å². The van der Waals surface area contributed by atoms with Crippen LogP contribution in [0.15, 0.2) is 24.3 Å². The van der Waals surface area contributed by atoms with Gasteiger partial charge in [0, 0.05) is 18.2 Å². The van der Waals surface area contributed by atoms with Crippen LogP contribution in [-0.4, -0.2) is 24.7 Å². The van der Waals surface area contributed by atoms with Gasteiger partial charge in [0.25, 0.3) is 0 Å². The zero-order chi connectivity index (χ0) is 13.9. The Morgan fingerprint density at radius 2 is 2.05 bits per heavy atom. The van der Waals surface area contributed by atoms with Gasteiger partial charge in [-0.2, -0.15) is 0 Å². The number of carbonyl (C=O) groups excluding carboxylic acids is 1. The van der Waals surface area contributed by atoms with Crippen molar-refractivity contribution in [2.75, 3.05) is 13.2 Å². The lowest BCUT2D eigenvalue weighted by Gasteiger charge is -2.33. The lowest BCUT2D eigenvalue weighted by molar-refractivity contribution is -0.130. The molecule has 19 heavy (non-hydrogen) atoms. The summed E-state index contributed by atoms with van der Waals surface area (Å²) in [5, 5.41) is 3.59. The molecule has 104 valence electrons. The first-order valence-corrected chi connectivity index (χ1v) is 6.83. The summed E-state index contributed by atoms with van der Waals surface area (Å²) in [5.41, 5.74) is 6.21. The molecular formula is C14H19ClN2O2. The van der Waals surface area contributed by atoms with Gasteiger partial charge in [-0.3, -0.25) is 4.79 Å². The second-order valence-corrected chi connectivity index (χ2v) is 5.39. The Bertz CT molecular complexity index is 459. The highest BCUT2D eigenvalue weighted by atomic mass is 35.5. The largest absolute Gasteiger partial charge is 0.381 e. The van der Waals surface area contributed by atoms with Gasteiger partial charge in [-0.15, -0.1) is 0 Å². The molecule has 2 rings (SSSR count). The molecule has 1 aromatic rings. The summed E-state index contributed by atoms with van der Waals surface area (Å²) in [6.07, 6.45) is 1.10. The van der Waals surface area contributed by atoms with Crippen molar-refractivity contribution in [3.8, 4) is 0 Å². The van der Waals surface area contributed by atoms with E-state index in [0.717, 1.165) is 5.56 Å². The van der Waals surface area contributed by atoms with E-state index in [9.17, 15) is 4.79 Å². The van der Waals surface area contributed by atoms with E-state index >= 15 is 0 Å². The topological polar surface area (TPSA) is 64.4 Å². The van der Waals surface area contributed by atoms with Crippen molar-refractivity contribution in [1.82, 2.24) is 5.32 Å². The van der Waals surface area contributed by atoms with Crippen LogP contribution in [0, 0.1) is 0 Å². The second kappa shape index (κ2) is 5.90. The minimum atomic E-state index is -0.826. The molecule has 1 amide bonds. The third-order valence-electron chi connectivity index (χ3n) is 3.56. The molecule has 1 heterocycles. The van der Waals surface area contributed by atoms with Crippen LogP contribution in [0.3, 0.4) is 0 Å². The standard InChI is InChI=1S/C14H19ClN2O2/c1-10(11-4-2-3-5-12(11)15)17-13(18)14(16)6-8-19-9-7-14/h2-5,10H,6-9,16H2,1H3,(H,17,18). The predicted octanol–water partition coefficient (Wildman–Crippen LogP) is 2.03. The summed E-state index contributed by atoms with van der Waals surface area (Å²) in [6.45, 7) is 2.97. The molecule has 0 bridgehead atoms. The molecule has 1 aliphatic rings. The fourth-order valence-corrected chi connectivity index (χ4v) is 2.51. The second-order valence-electron chi connectivity index (χ2n) is 4.99. The molecule has 5 heteroatoms.